The number of nitrogens with zero attached hydrogens (tertiary/aromatic N) is 4. The van der Waals surface area contributed by atoms with Crippen molar-refractivity contribution in [2.24, 2.45) is 7.05 Å². The number of amides is 3. The second kappa shape index (κ2) is 13.0. The van der Waals surface area contributed by atoms with Gasteiger partial charge in [0, 0.05) is 37.6 Å². The molecule has 1 fully saturated rings. The van der Waals surface area contributed by atoms with Crippen LogP contribution in [-0.4, -0.2) is 64.2 Å². The Morgan fingerprint density at radius 1 is 1.17 bits per heavy atom. The van der Waals surface area contributed by atoms with Crippen LogP contribution in [0.1, 0.15) is 57.4 Å². The minimum Gasteiger partial charge on any atom is -0.450 e. The van der Waals surface area contributed by atoms with E-state index >= 15 is 0 Å². The van der Waals surface area contributed by atoms with Crippen LogP contribution >= 0.6 is 11.3 Å². The molecule has 0 aliphatic carbocycles. The molecule has 1 aromatic carbocycles. The van der Waals surface area contributed by atoms with Gasteiger partial charge in [-0.2, -0.15) is 5.10 Å². The molecule has 4 rings (SSSR count). The molecule has 1 unspecified atom stereocenters. The maximum absolute atomic E-state index is 13.2. The molecule has 0 radical (unpaired) electrons. The molecule has 2 aromatic heterocycles. The molecule has 3 heterocycles. The Morgan fingerprint density at radius 3 is 2.68 bits per heavy atom. The predicted octanol–water partition coefficient (Wildman–Crippen LogP) is 5.25. The van der Waals surface area contributed by atoms with Crippen LogP contribution in [0, 0.1) is 0 Å². The standard InChI is InChI=1S/C28H37N7O5S/c1-6-7-13-39-26(37)31-19-11-12-35(17-19)21-10-8-9-18(14-21)24-32-22(23(36)30-20-15-29-34(5)16-20)25(41-24)33-27(38)40-28(2,3)4/h8-10,14-16,19H,6-7,11-13,17H2,1-5H3,(H,30,36)(H,31,37)(H,33,38). The number of alkyl carbamates (subject to hydrolysis) is 1. The smallest absolute Gasteiger partial charge is 0.412 e. The van der Waals surface area contributed by atoms with Crippen LogP contribution in [-0.2, 0) is 16.5 Å². The molecule has 1 aliphatic rings. The van der Waals surface area contributed by atoms with Gasteiger partial charge >= 0.3 is 12.2 Å². The zero-order chi connectivity index (χ0) is 29.6. The average Bonchev–Trinajstić information content (AvgIpc) is 3.63. The maximum Gasteiger partial charge on any atom is 0.412 e. The van der Waals surface area contributed by atoms with Crippen LogP contribution in [0.4, 0.5) is 26.0 Å². The lowest BCUT2D eigenvalue weighted by molar-refractivity contribution is 0.0636. The number of benzene rings is 1. The monoisotopic (exact) mass is 583 g/mol. The van der Waals surface area contributed by atoms with E-state index in [0.29, 0.717) is 23.8 Å². The number of ether oxygens (including phenoxy) is 2. The van der Waals surface area contributed by atoms with Crippen molar-refractivity contribution in [2.75, 3.05) is 35.2 Å². The number of anilines is 3. The van der Waals surface area contributed by atoms with E-state index in [4.69, 9.17) is 9.47 Å². The third kappa shape index (κ3) is 8.43. The highest BCUT2D eigenvalue weighted by Crippen LogP contribution is 2.35. The summed E-state index contributed by atoms with van der Waals surface area (Å²) >= 11 is 1.18. The van der Waals surface area contributed by atoms with Crippen LogP contribution in [0.5, 0.6) is 0 Å². The van der Waals surface area contributed by atoms with Crippen LogP contribution in [0.2, 0.25) is 0 Å². The first kappa shape index (κ1) is 29.8. The molecular formula is C28H37N7O5S. The molecule has 13 heteroatoms. The third-order valence-corrected chi connectivity index (χ3v) is 7.14. The lowest BCUT2D eigenvalue weighted by Gasteiger charge is -2.19. The van der Waals surface area contributed by atoms with E-state index in [1.165, 1.54) is 17.5 Å². The van der Waals surface area contributed by atoms with Crippen LogP contribution in [0.25, 0.3) is 10.6 Å². The molecule has 3 N–H and O–H groups in total. The summed E-state index contributed by atoms with van der Waals surface area (Å²) in [5.41, 5.74) is 1.61. The quantitative estimate of drug-likeness (QED) is 0.290. The van der Waals surface area contributed by atoms with Crippen molar-refractivity contribution >= 4 is 45.8 Å². The highest BCUT2D eigenvalue weighted by Gasteiger charge is 2.27. The number of aryl methyl sites for hydroxylation is 1. The summed E-state index contributed by atoms with van der Waals surface area (Å²) in [5.74, 6) is -0.484. The van der Waals surface area contributed by atoms with Crippen molar-refractivity contribution < 1.29 is 23.9 Å². The summed E-state index contributed by atoms with van der Waals surface area (Å²) < 4.78 is 12.2. The first-order valence-corrected chi connectivity index (χ1v) is 14.4. The van der Waals surface area contributed by atoms with E-state index in [2.05, 4.69) is 30.9 Å². The largest absolute Gasteiger partial charge is 0.450 e. The van der Waals surface area contributed by atoms with Crippen LogP contribution in [0.3, 0.4) is 0 Å². The first-order valence-electron chi connectivity index (χ1n) is 13.6. The molecule has 0 saturated carbocycles. The van der Waals surface area contributed by atoms with Gasteiger partial charge in [0.15, 0.2) is 5.69 Å². The van der Waals surface area contributed by atoms with Gasteiger partial charge in [-0.3, -0.25) is 14.8 Å². The topological polar surface area (TPSA) is 140 Å². The summed E-state index contributed by atoms with van der Waals surface area (Å²) in [4.78, 5) is 44.6. The number of nitrogens with one attached hydrogen (secondary N) is 3. The zero-order valence-electron chi connectivity index (χ0n) is 24.0. The number of thiazole rings is 1. The number of unbranched alkanes of at least 4 members (excludes halogenated alkanes) is 1. The van der Waals surface area contributed by atoms with Gasteiger partial charge in [0.05, 0.1) is 24.5 Å². The summed E-state index contributed by atoms with van der Waals surface area (Å²) in [5, 5.41) is 13.3. The Balaban J connectivity index is 1.52. The number of aromatic nitrogens is 3. The highest BCUT2D eigenvalue weighted by atomic mass is 32.1. The predicted molar refractivity (Wildman–Crippen MR) is 159 cm³/mol. The van der Waals surface area contributed by atoms with Crippen LogP contribution < -0.4 is 20.9 Å². The first-order chi connectivity index (χ1) is 19.5. The molecule has 1 aliphatic heterocycles. The van der Waals surface area contributed by atoms with Crippen molar-refractivity contribution in [2.45, 2.75) is 58.6 Å². The lowest BCUT2D eigenvalue weighted by atomic mass is 10.2. The molecule has 12 nitrogen and oxygen atoms in total. The second-order valence-corrected chi connectivity index (χ2v) is 11.8. The Morgan fingerprint density at radius 2 is 1.98 bits per heavy atom. The number of hydrogen-bond acceptors (Lipinski definition) is 9. The summed E-state index contributed by atoms with van der Waals surface area (Å²) in [6.45, 7) is 9.17. The van der Waals surface area contributed by atoms with E-state index < -0.39 is 17.6 Å². The van der Waals surface area contributed by atoms with Gasteiger partial charge in [0.2, 0.25) is 0 Å². The van der Waals surface area contributed by atoms with Gasteiger partial charge in [-0.1, -0.05) is 36.8 Å². The van der Waals surface area contributed by atoms with Crippen molar-refractivity contribution in [3.05, 3.63) is 42.4 Å². The second-order valence-electron chi connectivity index (χ2n) is 10.8. The molecule has 220 valence electrons. The molecule has 1 atom stereocenters. The molecule has 3 amide bonds. The average molecular weight is 584 g/mol. The Labute approximate surface area is 243 Å². The molecule has 0 spiro atoms. The molecule has 1 saturated heterocycles. The molecule has 41 heavy (non-hydrogen) atoms. The van der Waals surface area contributed by atoms with Gasteiger partial charge < -0.3 is 25.0 Å². The van der Waals surface area contributed by atoms with E-state index in [1.54, 1.807) is 38.7 Å². The van der Waals surface area contributed by atoms with Gasteiger partial charge in [-0.05, 0) is 45.7 Å². The number of carbonyl (C=O) groups excluding carboxylic acids is 3. The van der Waals surface area contributed by atoms with Crippen molar-refractivity contribution in [1.82, 2.24) is 20.1 Å². The van der Waals surface area contributed by atoms with Crippen molar-refractivity contribution in [1.29, 1.82) is 0 Å². The van der Waals surface area contributed by atoms with E-state index in [1.807, 2.05) is 31.2 Å². The van der Waals surface area contributed by atoms with Crippen molar-refractivity contribution in [3.8, 4) is 10.6 Å². The summed E-state index contributed by atoms with van der Waals surface area (Å²) in [6.07, 6.45) is 4.74. The molecule has 3 aromatic rings. The van der Waals surface area contributed by atoms with Gasteiger partial charge in [0.1, 0.15) is 15.6 Å². The Kier molecular flexibility index (Phi) is 9.48. The fourth-order valence-electron chi connectivity index (χ4n) is 4.22. The Hall–Kier alpha value is -4.13. The Bertz CT molecular complexity index is 1380. The highest BCUT2D eigenvalue weighted by molar-refractivity contribution is 7.19. The van der Waals surface area contributed by atoms with Gasteiger partial charge in [0.25, 0.3) is 5.91 Å². The normalized spacial score (nSPS) is 15.0. The lowest BCUT2D eigenvalue weighted by Crippen LogP contribution is -2.37. The van der Waals surface area contributed by atoms with Gasteiger partial charge in [-0.15, -0.1) is 0 Å². The van der Waals surface area contributed by atoms with E-state index in [-0.39, 0.29) is 22.8 Å². The third-order valence-electron chi connectivity index (χ3n) is 6.12. The fraction of sp³-hybridized carbons (Fsp3) is 0.464. The minimum atomic E-state index is -0.710. The van der Waals surface area contributed by atoms with E-state index in [9.17, 15) is 14.4 Å². The number of rotatable bonds is 9. The SMILES string of the molecule is CCCCOC(=O)NC1CCN(c2cccc(-c3nc(C(=O)Nc4cnn(C)c4)c(NC(=O)OC(C)(C)C)s3)c2)C1. The zero-order valence-corrected chi connectivity index (χ0v) is 24.8. The van der Waals surface area contributed by atoms with Crippen LogP contribution in [0.15, 0.2) is 36.7 Å². The molecular weight excluding hydrogens is 546 g/mol. The molecule has 0 bridgehead atoms. The number of carbonyl (C=O) groups is 3. The summed E-state index contributed by atoms with van der Waals surface area (Å²) in [6, 6.07) is 7.79. The van der Waals surface area contributed by atoms with Crippen molar-refractivity contribution in [3.63, 3.8) is 0 Å². The number of hydrogen-bond donors (Lipinski definition) is 3. The summed E-state index contributed by atoms with van der Waals surface area (Å²) in [7, 11) is 1.75. The minimum absolute atomic E-state index is 0.0138. The van der Waals surface area contributed by atoms with Gasteiger partial charge in [-0.25, -0.2) is 14.6 Å². The van der Waals surface area contributed by atoms with E-state index in [0.717, 1.165) is 37.1 Å². The fourth-order valence-corrected chi connectivity index (χ4v) is 5.16. The maximum atomic E-state index is 13.2.